The number of aromatic amines is 1. The Bertz CT molecular complexity index is 1440. The van der Waals surface area contributed by atoms with Crippen molar-refractivity contribution in [3.63, 3.8) is 0 Å². The minimum Gasteiger partial charge on any atom is -0.346 e. The van der Waals surface area contributed by atoms with Gasteiger partial charge in [0, 0.05) is 40.5 Å². The van der Waals surface area contributed by atoms with E-state index in [1.54, 1.807) is 13.3 Å². The second-order valence-electron chi connectivity index (χ2n) is 10.8. The van der Waals surface area contributed by atoms with E-state index < -0.39 is 0 Å². The highest BCUT2D eigenvalue weighted by atomic mass is 32.1. The van der Waals surface area contributed by atoms with Crippen LogP contribution in [0.5, 0.6) is 0 Å². The van der Waals surface area contributed by atoms with E-state index >= 15 is 0 Å². The van der Waals surface area contributed by atoms with E-state index in [4.69, 9.17) is 0 Å². The maximum atomic E-state index is 11.8. The van der Waals surface area contributed by atoms with Crippen LogP contribution in [0.15, 0.2) is 12.5 Å². The SMILES string of the molecule is CC(=O)CN1CC2CC(c3sc4[nH]c(-c5cn6ncnc6c(C)c5C)c(C(C)C)c4c3C)[C@@H]1C2. The number of likely N-dealkylation sites (tertiary alicyclic amines) is 1. The standard InChI is InChI=1S/C27H33N5OS/c1-13(2)22-23-17(6)25(19-7-18-8-21(19)31(10-18)9-14(3)33)34-27(23)30-24(22)20-11-32-26(28-12-29-32)16(5)15(20)4/h11-13,18-19,21,30H,7-10H2,1-6H3/t18?,19?,21-/m0/s1. The first-order valence-electron chi connectivity index (χ1n) is 12.4. The highest BCUT2D eigenvalue weighted by Gasteiger charge is 2.46. The highest BCUT2D eigenvalue weighted by molar-refractivity contribution is 7.19. The summed E-state index contributed by atoms with van der Waals surface area (Å²) in [5.74, 6) is 1.95. The molecule has 0 radical (unpaired) electrons. The minimum atomic E-state index is 0.281. The van der Waals surface area contributed by atoms with Gasteiger partial charge in [-0.2, -0.15) is 5.10 Å². The van der Waals surface area contributed by atoms with Crippen molar-refractivity contribution in [2.24, 2.45) is 5.92 Å². The summed E-state index contributed by atoms with van der Waals surface area (Å²) >= 11 is 1.94. The molecule has 6 nitrogen and oxygen atoms in total. The summed E-state index contributed by atoms with van der Waals surface area (Å²) in [4.78, 5) is 25.4. The molecule has 0 amide bonds. The molecule has 1 saturated carbocycles. The zero-order valence-corrected chi connectivity index (χ0v) is 21.7. The average molecular weight is 476 g/mol. The molecule has 1 N–H and O–H groups in total. The largest absolute Gasteiger partial charge is 0.346 e. The molecule has 3 atom stereocenters. The van der Waals surface area contributed by atoms with Crippen LogP contribution in [0, 0.1) is 26.7 Å². The maximum Gasteiger partial charge on any atom is 0.158 e. The molecule has 2 fully saturated rings. The Kier molecular flexibility index (Phi) is 5.01. The van der Waals surface area contributed by atoms with Gasteiger partial charge in [0.05, 0.1) is 12.2 Å². The predicted octanol–water partition coefficient (Wildman–Crippen LogP) is 5.75. The second kappa shape index (κ2) is 7.75. The Morgan fingerprint density at radius 3 is 2.71 bits per heavy atom. The third-order valence-corrected chi connectivity index (χ3v) is 9.62. The van der Waals surface area contributed by atoms with Crippen LogP contribution in [-0.2, 0) is 4.79 Å². The van der Waals surface area contributed by atoms with E-state index in [9.17, 15) is 4.79 Å². The van der Waals surface area contributed by atoms with Crippen molar-refractivity contribution in [3.8, 4) is 11.3 Å². The molecule has 2 aliphatic rings. The van der Waals surface area contributed by atoms with Crippen molar-refractivity contribution in [2.45, 2.75) is 72.3 Å². The van der Waals surface area contributed by atoms with Gasteiger partial charge >= 0.3 is 0 Å². The van der Waals surface area contributed by atoms with Gasteiger partial charge in [-0.15, -0.1) is 11.3 Å². The van der Waals surface area contributed by atoms with Crippen molar-refractivity contribution in [3.05, 3.63) is 39.7 Å². The molecule has 5 heterocycles. The number of carbonyl (C=O) groups is 1. The van der Waals surface area contributed by atoms with Gasteiger partial charge in [0.15, 0.2) is 5.65 Å². The molecule has 6 rings (SSSR count). The third kappa shape index (κ3) is 3.13. The maximum absolute atomic E-state index is 11.8. The summed E-state index contributed by atoms with van der Waals surface area (Å²) in [6, 6.07) is 0.511. The number of hydrogen-bond acceptors (Lipinski definition) is 5. The van der Waals surface area contributed by atoms with Gasteiger partial charge in [-0.1, -0.05) is 13.8 Å². The van der Waals surface area contributed by atoms with Crippen LogP contribution < -0.4 is 0 Å². The number of H-pyrrole nitrogens is 1. The number of aromatic nitrogens is 4. The number of ketones is 1. The summed E-state index contributed by atoms with van der Waals surface area (Å²) in [5.41, 5.74) is 8.61. The predicted molar refractivity (Wildman–Crippen MR) is 138 cm³/mol. The van der Waals surface area contributed by atoms with Crippen molar-refractivity contribution < 1.29 is 4.79 Å². The summed E-state index contributed by atoms with van der Waals surface area (Å²) < 4.78 is 1.90. The number of aryl methyl sites for hydroxylation is 2. The first-order valence-corrected chi connectivity index (χ1v) is 13.2. The summed E-state index contributed by atoms with van der Waals surface area (Å²) in [6.45, 7) is 14.6. The number of fused-ring (bicyclic) bond motifs is 4. The Morgan fingerprint density at radius 2 is 2.00 bits per heavy atom. The molecule has 1 aliphatic heterocycles. The first-order chi connectivity index (χ1) is 16.2. The minimum absolute atomic E-state index is 0.281. The quantitative estimate of drug-likeness (QED) is 0.399. The first kappa shape index (κ1) is 22.0. The van der Waals surface area contributed by atoms with Crippen LogP contribution in [-0.4, -0.2) is 49.4 Å². The molecule has 2 unspecified atom stereocenters. The van der Waals surface area contributed by atoms with Crippen LogP contribution in [0.1, 0.15) is 72.6 Å². The van der Waals surface area contributed by atoms with Crippen LogP contribution in [0.4, 0.5) is 0 Å². The van der Waals surface area contributed by atoms with Gasteiger partial charge in [0.1, 0.15) is 16.9 Å². The topological polar surface area (TPSA) is 66.3 Å². The van der Waals surface area contributed by atoms with Crippen LogP contribution in [0.3, 0.4) is 0 Å². The number of pyridine rings is 1. The van der Waals surface area contributed by atoms with Crippen molar-refractivity contribution in [2.75, 3.05) is 13.1 Å². The molecular weight excluding hydrogens is 442 g/mol. The Morgan fingerprint density at radius 1 is 1.21 bits per heavy atom. The van der Waals surface area contributed by atoms with Crippen molar-refractivity contribution >= 4 is 33.0 Å². The number of carbonyl (C=O) groups excluding carboxylic acids is 1. The van der Waals surface area contributed by atoms with Crippen LogP contribution in [0.2, 0.25) is 0 Å². The average Bonchev–Trinajstić information content (AvgIpc) is 3.57. The number of thiophene rings is 1. The molecule has 2 bridgehead atoms. The van der Waals surface area contributed by atoms with Gasteiger partial charge in [-0.05, 0) is 74.6 Å². The fourth-order valence-electron chi connectivity index (χ4n) is 6.73. The molecule has 34 heavy (non-hydrogen) atoms. The van der Waals surface area contributed by atoms with E-state index in [-0.39, 0.29) is 5.78 Å². The Labute approximate surface area is 204 Å². The number of hydrogen-bond donors (Lipinski definition) is 1. The second-order valence-corrected chi connectivity index (χ2v) is 11.9. The summed E-state index contributed by atoms with van der Waals surface area (Å²) in [7, 11) is 0. The van der Waals surface area contributed by atoms with Gasteiger partial charge < -0.3 is 4.98 Å². The fraction of sp³-hybridized carbons (Fsp3) is 0.519. The lowest BCUT2D eigenvalue weighted by molar-refractivity contribution is -0.118. The molecule has 178 valence electrons. The summed E-state index contributed by atoms with van der Waals surface area (Å²) in [5, 5.41) is 5.83. The number of piperidine rings is 1. The normalized spacial score (nSPS) is 22.7. The number of rotatable bonds is 5. The molecule has 1 aliphatic carbocycles. The Hall–Kier alpha value is -2.51. The van der Waals surface area contributed by atoms with Gasteiger partial charge in [-0.25, -0.2) is 9.50 Å². The third-order valence-electron chi connectivity index (χ3n) is 8.28. The van der Waals surface area contributed by atoms with E-state index in [0.717, 1.165) is 18.1 Å². The smallest absolute Gasteiger partial charge is 0.158 e. The van der Waals surface area contributed by atoms with Gasteiger partial charge in [-0.3, -0.25) is 9.69 Å². The van der Waals surface area contributed by atoms with Crippen molar-refractivity contribution in [1.29, 1.82) is 0 Å². The summed E-state index contributed by atoms with van der Waals surface area (Å²) in [6.07, 6.45) is 6.25. The number of nitrogens with one attached hydrogen (secondary N) is 1. The van der Waals surface area contributed by atoms with Gasteiger partial charge in [0.25, 0.3) is 0 Å². The van der Waals surface area contributed by atoms with Gasteiger partial charge in [0.2, 0.25) is 0 Å². The molecule has 4 aromatic rings. The zero-order valence-electron chi connectivity index (χ0n) is 20.9. The lowest BCUT2D eigenvalue weighted by atomic mass is 9.90. The molecule has 7 heteroatoms. The molecular formula is C27H33N5OS. The molecule has 4 aromatic heterocycles. The lowest BCUT2D eigenvalue weighted by Crippen LogP contribution is -2.39. The van der Waals surface area contributed by atoms with E-state index in [0.29, 0.717) is 24.4 Å². The van der Waals surface area contributed by atoms with Crippen LogP contribution in [0.25, 0.3) is 27.1 Å². The molecule has 0 spiro atoms. The van der Waals surface area contributed by atoms with Crippen LogP contribution >= 0.6 is 11.3 Å². The highest BCUT2D eigenvalue weighted by Crippen LogP contribution is 2.52. The van der Waals surface area contributed by atoms with Crippen molar-refractivity contribution in [1.82, 2.24) is 24.5 Å². The molecule has 1 saturated heterocycles. The Balaban J connectivity index is 1.48. The number of nitrogens with zero attached hydrogens (tertiary/aromatic N) is 4. The van der Waals surface area contributed by atoms with E-state index in [1.165, 1.54) is 61.4 Å². The van der Waals surface area contributed by atoms with E-state index in [1.807, 2.05) is 15.9 Å². The monoisotopic (exact) mass is 475 g/mol. The molecule has 0 aromatic carbocycles. The fourth-order valence-corrected chi connectivity index (χ4v) is 8.13. The lowest BCUT2D eigenvalue weighted by Gasteiger charge is -2.32. The zero-order chi connectivity index (χ0) is 23.9. The van der Waals surface area contributed by atoms with E-state index in [2.05, 4.69) is 60.8 Å². The number of Topliss-reactive ketones (excluding diaryl/α,β-unsaturated/α-hetero) is 1.